The number of nitro benzene ring substituents is 1. The number of phenolic OH excluding ortho intramolecular Hbond substituents is 1. The number of nitrogens with one attached hydrogen (secondary N) is 6. The third kappa shape index (κ3) is 12.6. The first-order chi connectivity index (χ1) is 26.0. The van der Waals surface area contributed by atoms with Gasteiger partial charge < -0.3 is 53.9 Å². The van der Waals surface area contributed by atoms with Crippen molar-refractivity contribution in [2.45, 2.75) is 49.5 Å². The molecule has 3 aromatic rings. The summed E-state index contributed by atoms with van der Waals surface area (Å²) in [4.78, 5) is 108. The Labute approximate surface area is 323 Å². The summed E-state index contributed by atoms with van der Waals surface area (Å²) in [5.41, 5.74) is 16.9. The van der Waals surface area contributed by atoms with E-state index >= 15 is 0 Å². The number of anilines is 1. The second-order valence-corrected chi connectivity index (χ2v) is 12.6. The van der Waals surface area contributed by atoms with Gasteiger partial charge in [0, 0.05) is 48.0 Å². The Hall–Kier alpha value is -6.36. The van der Waals surface area contributed by atoms with Crippen molar-refractivity contribution in [3.8, 4) is 5.75 Å². The molecule has 5 atom stereocenters. The van der Waals surface area contributed by atoms with Crippen LogP contribution >= 0.6 is 25.3 Å². The van der Waals surface area contributed by atoms with E-state index in [1.54, 1.807) is 12.1 Å². The number of para-hydroxylation sites is 1. The molecule has 0 aliphatic carbocycles. The van der Waals surface area contributed by atoms with E-state index < -0.39 is 94.3 Å². The lowest BCUT2D eigenvalue weighted by atomic mass is 10.0. The molecular formula is C32H39N11O10S2. The molecule has 0 spiro atoms. The molecule has 0 fully saturated rings. The van der Waals surface area contributed by atoms with Gasteiger partial charge in [-0.15, -0.1) is 0 Å². The highest BCUT2D eigenvalue weighted by molar-refractivity contribution is 7.80. The molecule has 7 amide bonds. The van der Waals surface area contributed by atoms with Crippen LogP contribution in [0, 0.1) is 10.1 Å². The van der Waals surface area contributed by atoms with Gasteiger partial charge in [0.05, 0.1) is 23.2 Å². The number of nitro groups is 1. The van der Waals surface area contributed by atoms with Crippen molar-refractivity contribution in [2.24, 2.45) is 11.5 Å². The second-order valence-electron chi connectivity index (χ2n) is 11.9. The van der Waals surface area contributed by atoms with Crippen LogP contribution in [0.3, 0.4) is 0 Å². The van der Waals surface area contributed by atoms with E-state index in [9.17, 15) is 48.8 Å². The third-order valence-electron chi connectivity index (χ3n) is 7.81. The maximum absolute atomic E-state index is 13.5. The van der Waals surface area contributed by atoms with E-state index in [4.69, 9.17) is 17.2 Å². The Morgan fingerprint density at radius 2 is 1.36 bits per heavy atom. The van der Waals surface area contributed by atoms with E-state index in [0.29, 0.717) is 5.69 Å². The molecule has 2 aromatic carbocycles. The van der Waals surface area contributed by atoms with Gasteiger partial charge in [-0.3, -0.25) is 43.7 Å². The fourth-order valence-electron chi connectivity index (χ4n) is 4.95. The number of phenols is 1. The molecule has 3 rings (SSSR count). The van der Waals surface area contributed by atoms with Gasteiger partial charge in [-0.05, 0) is 23.8 Å². The number of nitrogen functional groups attached to an aromatic ring is 1. The van der Waals surface area contributed by atoms with Crippen LogP contribution in [0.1, 0.15) is 28.0 Å². The number of aromatic nitrogens is 2. The van der Waals surface area contributed by atoms with Crippen LogP contribution < -0.4 is 43.8 Å². The molecule has 0 aliphatic heterocycles. The van der Waals surface area contributed by atoms with Crippen LogP contribution in [0.25, 0.3) is 0 Å². The van der Waals surface area contributed by atoms with Crippen LogP contribution in [0.5, 0.6) is 5.75 Å². The SMILES string of the molecule is NC(=O)C[C@H](NC(=O)[C@H](Cc1cnc[nH]1)NC(=O)c1ccccc1N)C(=O)N[C@@H](CS)C(=O)N[C@@H](CS)C(=O)N[C@@H](Cc1ccc(O)c([N+](=O)[O-])c1)C(N)=O. The molecule has 0 saturated heterocycles. The molecular weight excluding hydrogens is 763 g/mol. The number of H-pyrrole nitrogens is 1. The fourth-order valence-corrected chi connectivity index (χ4v) is 5.47. The van der Waals surface area contributed by atoms with E-state index in [1.807, 2.05) is 0 Å². The predicted octanol–water partition coefficient (Wildman–Crippen LogP) is -2.65. The summed E-state index contributed by atoms with van der Waals surface area (Å²) in [6.07, 6.45) is 1.58. The third-order valence-corrected chi connectivity index (χ3v) is 8.54. The maximum atomic E-state index is 13.5. The van der Waals surface area contributed by atoms with Gasteiger partial charge in [0.2, 0.25) is 35.4 Å². The van der Waals surface area contributed by atoms with Crippen molar-refractivity contribution in [3.63, 3.8) is 0 Å². The molecule has 0 saturated carbocycles. The molecule has 1 aromatic heterocycles. The van der Waals surface area contributed by atoms with E-state index in [-0.39, 0.29) is 41.2 Å². The Balaban J connectivity index is 1.72. The predicted molar refractivity (Wildman–Crippen MR) is 201 cm³/mol. The summed E-state index contributed by atoms with van der Waals surface area (Å²) < 4.78 is 0. The van der Waals surface area contributed by atoms with Crippen molar-refractivity contribution < 1.29 is 43.6 Å². The number of nitrogens with two attached hydrogens (primary N) is 3. The Morgan fingerprint density at radius 1 is 0.800 bits per heavy atom. The minimum absolute atomic E-state index is 0.0703. The lowest BCUT2D eigenvalue weighted by Gasteiger charge is -2.26. The number of aromatic amines is 1. The smallest absolute Gasteiger partial charge is 0.310 e. The molecule has 0 bridgehead atoms. The monoisotopic (exact) mass is 801 g/mol. The number of hydrogen-bond acceptors (Lipinski definition) is 14. The number of aromatic hydroxyl groups is 1. The largest absolute Gasteiger partial charge is 0.502 e. The van der Waals surface area contributed by atoms with E-state index in [0.717, 1.165) is 12.1 Å². The van der Waals surface area contributed by atoms with Crippen LogP contribution in [0.2, 0.25) is 0 Å². The molecule has 23 heteroatoms. The zero-order valence-corrected chi connectivity index (χ0v) is 30.5. The summed E-state index contributed by atoms with van der Waals surface area (Å²) in [5.74, 6) is -7.89. The van der Waals surface area contributed by atoms with Crippen LogP contribution in [0.15, 0.2) is 55.0 Å². The van der Waals surface area contributed by atoms with Crippen LogP contribution in [-0.4, -0.2) is 103 Å². The fraction of sp³-hybridized carbons (Fsp3) is 0.312. The lowest BCUT2D eigenvalue weighted by molar-refractivity contribution is -0.385. The number of imidazole rings is 1. The number of thiol groups is 2. The van der Waals surface area contributed by atoms with E-state index in [1.165, 1.54) is 30.7 Å². The standard InChI is InChI=1S/C32H39N11O10S2/c33-18-4-2-1-3-17(18)28(47)39-20(9-16-11-36-14-37-16)29(48)40-21(10-26(34)45)30(49)41-23(13-55)32(51)42-22(12-54)31(50)38-19(27(35)46)7-15-5-6-25(44)24(8-15)43(52)53/h1-6,8,11,14,19-23,44,54-55H,7,9-10,12-13,33H2,(H2,34,45)(H2,35,46)(H,36,37)(H,38,50)(H,39,47)(H,40,48)(H,41,49)(H,42,51)/t19-,20-,21-,22-,23-/m0/s1. The number of benzene rings is 2. The molecule has 0 aliphatic rings. The second kappa shape index (κ2) is 20.2. The minimum atomic E-state index is -1.65. The van der Waals surface area contributed by atoms with Gasteiger partial charge in [0.1, 0.15) is 30.2 Å². The highest BCUT2D eigenvalue weighted by Gasteiger charge is 2.33. The topological polar surface area (TPSA) is 350 Å². The average Bonchev–Trinajstić information content (AvgIpc) is 3.65. The first-order valence-corrected chi connectivity index (χ1v) is 17.4. The minimum Gasteiger partial charge on any atom is -0.502 e. The van der Waals surface area contributed by atoms with Crippen molar-refractivity contribution in [1.29, 1.82) is 0 Å². The van der Waals surface area contributed by atoms with Crippen molar-refractivity contribution in [2.75, 3.05) is 17.2 Å². The summed E-state index contributed by atoms with van der Waals surface area (Å²) in [7, 11) is 0. The first-order valence-electron chi connectivity index (χ1n) is 16.1. The van der Waals surface area contributed by atoms with Crippen molar-refractivity contribution in [3.05, 3.63) is 81.9 Å². The van der Waals surface area contributed by atoms with Gasteiger partial charge in [-0.25, -0.2) is 4.98 Å². The normalized spacial score (nSPS) is 13.5. The first kappa shape index (κ1) is 43.0. The molecule has 0 unspecified atom stereocenters. The van der Waals surface area contributed by atoms with Crippen molar-refractivity contribution in [1.82, 2.24) is 36.6 Å². The lowest BCUT2D eigenvalue weighted by Crippen LogP contribution is -2.60. The molecule has 21 nitrogen and oxygen atoms in total. The zero-order chi connectivity index (χ0) is 40.8. The Bertz CT molecular complexity index is 1910. The van der Waals surface area contributed by atoms with Gasteiger partial charge in [-0.1, -0.05) is 18.2 Å². The number of primary amides is 2. The van der Waals surface area contributed by atoms with E-state index in [2.05, 4.69) is 61.8 Å². The number of amides is 7. The molecule has 1 heterocycles. The molecule has 13 N–H and O–H groups in total. The molecule has 55 heavy (non-hydrogen) atoms. The zero-order valence-electron chi connectivity index (χ0n) is 28.8. The van der Waals surface area contributed by atoms with Crippen LogP contribution in [0.4, 0.5) is 11.4 Å². The highest BCUT2D eigenvalue weighted by atomic mass is 32.1. The molecule has 294 valence electrons. The van der Waals surface area contributed by atoms with Gasteiger partial charge >= 0.3 is 5.69 Å². The maximum Gasteiger partial charge on any atom is 0.310 e. The molecule has 0 radical (unpaired) electrons. The van der Waals surface area contributed by atoms with Gasteiger partial charge in [0.15, 0.2) is 5.75 Å². The summed E-state index contributed by atoms with van der Waals surface area (Å²) >= 11 is 8.19. The van der Waals surface area contributed by atoms with Gasteiger partial charge in [0.25, 0.3) is 5.91 Å². The number of hydrogen-bond donors (Lipinski definition) is 12. The number of carbonyl (C=O) groups is 7. The summed E-state index contributed by atoms with van der Waals surface area (Å²) in [6.45, 7) is 0. The Kier molecular flexibility index (Phi) is 15.8. The van der Waals surface area contributed by atoms with Gasteiger partial charge in [-0.2, -0.15) is 25.3 Å². The van der Waals surface area contributed by atoms with Crippen LogP contribution in [-0.2, 0) is 41.6 Å². The number of carbonyl (C=O) groups excluding carboxylic acids is 7. The number of rotatable bonds is 20. The quantitative estimate of drug-likeness (QED) is 0.0241. The Morgan fingerprint density at radius 3 is 1.89 bits per heavy atom. The summed E-state index contributed by atoms with van der Waals surface area (Å²) in [6, 6.07) is 2.13. The summed E-state index contributed by atoms with van der Waals surface area (Å²) in [5, 5.41) is 32.9. The number of nitrogens with zero attached hydrogens (tertiary/aromatic N) is 2. The van der Waals surface area contributed by atoms with Crippen molar-refractivity contribution >= 4 is 78.0 Å². The average molecular weight is 802 g/mol. The highest BCUT2D eigenvalue weighted by Crippen LogP contribution is 2.26.